The number of allylic oxidation sites excluding steroid dienone is 10. The molecule has 0 aliphatic carbocycles. The number of esters is 2. The molecule has 5 N–H and O–H groups in total. The first-order valence-electron chi connectivity index (χ1n) is 19.2. The summed E-state index contributed by atoms with van der Waals surface area (Å²) < 4.78 is 11.9. The van der Waals surface area contributed by atoms with Gasteiger partial charge in [0.1, 0.15) is 30.5 Å². The van der Waals surface area contributed by atoms with Crippen molar-refractivity contribution in [2.24, 2.45) is 17.8 Å². The normalized spacial score (nSPS) is 25.4. The topological polar surface area (TPSA) is 171 Å². The van der Waals surface area contributed by atoms with Crippen LogP contribution < -0.4 is 0 Å². The van der Waals surface area contributed by atoms with Crippen LogP contribution in [0.5, 0.6) is 0 Å². The van der Waals surface area contributed by atoms with Gasteiger partial charge in [0, 0.05) is 24.8 Å². The number of carbonyl (C=O) groups excluding carboxylic acids is 3. The minimum absolute atomic E-state index is 0.0411. The molecule has 0 unspecified atom stereocenters. The van der Waals surface area contributed by atoms with Gasteiger partial charge in [-0.25, -0.2) is 4.79 Å². The molecule has 1 aliphatic heterocycles. The molecule has 0 aromatic carbocycles. The molecule has 54 heavy (non-hydrogen) atoms. The molecule has 0 fully saturated rings. The Hall–Kier alpha value is -3.41. The Labute approximate surface area is 323 Å². The van der Waals surface area contributed by atoms with Crippen LogP contribution in [-0.4, -0.2) is 86.0 Å². The lowest BCUT2D eigenvalue weighted by Gasteiger charge is -2.27. The molecule has 10 heteroatoms. The maximum atomic E-state index is 12.9. The van der Waals surface area contributed by atoms with Gasteiger partial charge in [-0.3, -0.25) is 9.59 Å². The number of cyclic esters (lactones) is 1. The van der Waals surface area contributed by atoms with Crippen LogP contribution in [0.25, 0.3) is 0 Å². The molecule has 0 amide bonds. The van der Waals surface area contributed by atoms with Gasteiger partial charge in [-0.2, -0.15) is 0 Å². The first-order valence-corrected chi connectivity index (χ1v) is 19.2. The van der Waals surface area contributed by atoms with E-state index in [4.69, 9.17) is 9.47 Å². The predicted molar refractivity (Wildman–Crippen MR) is 213 cm³/mol. The molecule has 0 aromatic rings. The minimum atomic E-state index is -1.66. The van der Waals surface area contributed by atoms with E-state index in [1.165, 1.54) is 12.2 Å². The van der Waals surface area contributed by atoms with Crippen molar-refractivity contribution in [1.82, 2.24) is 0 Å². The second-order valence-electron chi connectivity index (χ2n) is 15.5. The van der Waals surface area contributed by atoms with Crippen LogP contribution >= 0.6 is 0 Å². The van der Waals surface area contributed by atoms with Crippen molar-refractivity contribution in [1.29, 1.82) is 0 Å². The summed E-state index contributed by atoms with van der Waals surface area (Å²) in [6.45, 7) is 18.4. The van der Waals surface area contributed by atoms with E-state index < -0.39 is 42.3 Å². The number of hydrogen-bond donors (Lipinski definition) is 5. The molecule has 0 aromatic heterocycles. The molecule has 0 radical (unpaired) electrons. The second-order valence-corrected chi connectivity index (χ2v) is 15.5. The Morgan fingerprint density at radius 3 is 2.24 bits per heavy atom. The molecule has 0 saturated heterocycles. The van der Waals surface area contributed by atoms with E-state index in [0.29, 0.717) is 37.7 Å². The fourth-order valence-corrected chi connectivity index (χ4v) is 6.45. The monoisotopic (exact) mass is 756 g/mol. The van der Waals surface area contributed by atoms with Crippen LogP contribution in [0.15, 0.2) is 82.5 Å². The van der Waals surface area contributed by atoms with Crippen molar-refractivity contribution in [2.45, 2.75) is 157 Å². The Morgan fingerprint density at radius 1 is 0.944 bits per heavy atom. The van der Waals surface area contributed by atoms with E-state index in [1.54, 1.807) is 32.1 Å². The van der Waals surface area contributed by atoms with Gasteiger partial charge in [-0.1, -0.05) is 97.2 Å². The van der Waals surface area contributed by atoms with Gasteiger partial charge in [-0.05, 0) is 92.4 Å². The Morgan fingerprint density at radius 2 is 1.61 bits per heavy atom. The van der Waals surface area contributed by atoms with Gasteiger partial charge in [0.25, 0.3) is 0 Å². The average molecular weight is 757 g/mol. The molecule has 10 nitrogen and oxygen atoms in total. The summed E-state index contributed by atoms with van der Waals surface area (Å²) in [5.74, 6) is -1.36. The molecule has 1 heterocycles. The van der Waals surface area contributed by atoms with Gasteiger partial charge in [-0.15, -0.1) is 0 Å². The number of rotatable bonds is 17. The average Bonchev–Trinajstić information content (AvgIpc) is 3.06. The third-order valence-electron chi connectivity index (χ3n) is 9.59. The first kappa shape index (κ1) is 48.6. The van der Waals surface area contributed by atoms with Crippen molar-refractivity contribution in [3.63, 3.8) is 0 Å². The van der Waals surface area contributed by atoms with E-state index >= 15 is 0 Å². The highest BCUT2D eigenvalue weighted by molar-refractivity contribution is 5.82. The lowest BCUT2D eigenvalue weighted by Crippen LogP contribution is -2.40. The standard InChI is InChI=1S/C44H68O10/c1-27(13-11-14-28(2)25-38(48)44(52)43(51)36(10)46)21-29(3)18-20-42(50)53-39-15-12-16-41(49)54-40(19-17-30(4)22-33(39)7)34(8)24-31(5)23-32(6)37(47)26-35(9)45/h11,13-14,17-18,20-21,23,25,32-35,37-40,43-45,47-48,51-52H,12,15-16,19,22,24,26H2,1-10H3/b14-11+,20-18+,27-13+,28-25+,29-21+,30-17+,31-23+/t32-,33+,34+,35-,37-,38+,39+,40-,43-,44-/m1/s1. The van der Waals surface area contributed by atoms with Crippen LogP contribution in [0.3, 0.4) is 0 Å². The van der Waals surface area contributed by atoms with Crippen LogP contribution in [0.1, 0.15) is 114 Å². The zero-order chi connectivity index (χ0) is 41.1. The van der Waals surface area contributed by atoms with Gasteiger partial charge in [0.15, 0.2) is 5.78 Å². The Kier molecular flexibility index (Phi) is 22.4. The maximum Gasteiger partial charge on any atom is 0.331 e. The highest BCUT2D eigenvalue weighted by atomic mass is 16.5. The zero-order valence-electron chi connectivity index (χ0n) is 34.2. The van der Waals surface area contributed by atoms with Gasteiger partial charge in [0.05, 0.1) is 12.2 Å². The third-order valence-corrected chi connectivity index (χ3v) is 9.59. The SMILES string of the molecule is CC(=O)[C@@H](O)[C@H](O)[C@@H](O)/C=C(C)/C=C/C=C(C)/C=C(C)/C=C/C(=O)O[C@H]1CCCC(=O)O[C@@H]([C@@H](C)C/C(C)=C/[C@@H](C)[C@H](O)C[C@@H](C)O)C/C=C(\C)C[C@@H]1C. The van der Waals surface area contributed by atoms with E-state index in [0.717, 1.165) is 35.6 Å². The third kappa shape index (κ3) is 19.8. The summed E-state index contributed by atoms with van der Waals surface area (Å²) in [5, 5.41) is 49.6. The fourth-order valence-electron chi connectivity index (χ4n) is 6.45. The molecule has 10 atom stereocenters. The van der Waals surface area contributed by atoms with E-state index in [9.17, 15) is 39.9 Å². The Balaban J connectivity index is 2.88. The molecular weight excluding hydrogens is 688 g/mol. The number of hydrogen-bond acceptors (Lipinski definition) is 10. The highest BCUT2D eigenvalue weighted by Crippen LogP contribution is 2.27. The Bertz CT molecular complexity index is 1430. The molecular formula is C44H68O10. The maximum absolute atomic E-state index is 12.9. The summed E-state index contributed by atoms with van der Waals surface area (Å²) >= 11 is 0. The van der Waals surface area contributed by atoms with Gasteiger partial charge < -0.3 is 35.0 Å². The quantitative estimate of drug-likeness (QED) is 0.0465. The van der Waals surface area contributed by atoms with Crippen molar-refractivity contribution in [2.75, 3.05) is 0 Å². The second kappa shape index (κ2) is 24.9. The van der Waals surface area contributed by atoms with Gasteiger partial charge >= 0.3 is 11.9 Å². The summed E-state index contributed by atoms with van der Waals surface area (Å²) in [6, 6.07) is 0. The molecule has 0 spiro atoms. The van der Waals surface area contributed by atoms with Crippen LogP contribution in [0.2, 0.25) is 0 Å². The summed E-state index contributed by atoms with van der Waals surface area (Å²) in [7, 11) is 0. The zero-order valence-corrected chi connectivity index (χ0v) is 34.2. The lowest BCUT2D eigenvalue weighted by atomic mass is 9.89. The highest BCUT2D eigenvalue weighted by Gasteiger charge is 2.27. The molecule has 0 bridgehead atoms. The summed E-state index contributed by atoms with van der Waals surface area (Å²) in [6.07, 6.45) is 12.9. The number of Topliss-reactive ketones (excluding diaryl/α,β-unsaturated/α-hetero) is 1. The van der Waals surface area contributed by atoms with Crippen LogP contribution in [0, 0.1) is 17.8 Å². The largest absolute Gasteiger partial charge is 0.462 e. The minimum Gasteiger partial charge on any atom is -0.462 e. The van der Waals surface area contributed by atoms with Crippen LogP contribution in [-0.2, 0) is 23.9 Å². The lowest BCUT2D eigenvalue weighted by molar-refractivity contribution is -0.152. The van der Waals surface area contributed by atoms with Crippen molar-refractivity contribution in [3.8, 4) is 0 Å². The number of ether oxygens (including phenoxy) is 2. The fraction of sp³-hybridized carbons (Fsp3) is 0.614. The van der Waals surface area contributed by atoms with E-state index in [-0.39, 0.29) is 42.4 Å². The number of aliphatic hydroxyl groups excluding tert-OH is 5. The van der Waals surface area contributed by atoms with E-state index in [1.807, 2.05) is 52.8 Å². The van der Waals surface area contributed by atoms with Crippen molar-refractivity contribution in [3.05, 3.63) is 82.5 Å². The number of carbonyl (C=O) groups is 3. The molecule has 1 aliphatic rings. The molecule has 0 saturated carbocycles. The van der Waals surface area contributed by atoms with Crippen molar-refractivity contribution < 1.29 is 49.4 Å². The molecule has 1 rings (SSSR count). The number of aliphatic hydroxyl groups is 5. The van der Waals surface area contributed by atoms with Crippen LogP contribution in [0.4, 0.5) is 0 Å². The summed E-state index contributed by atoms with van der Waals surface area (Å²) in [4.78, 5) is 37.1. The predicted octanol–water partition coefficient (Wildman–Crippen LogP) is 6.72. The van der Waals surface area contributed by atoms with Gasteiger partial charge in [0.2, 0.25) is 0 Å². The smallest absolute Gasteiger partial charge is 0.331 e. The van der Waals surface area contributed by atoms with Crippen molar-refractivity contribution >= 4 is 17.7 Å². The first-order chi connectivity index (χ1) is 25.2. The van der Waals surface area contributed by atoms with E-state index in [2.05, 4.69) is 19.9 Å². The summed E-state index contributed by atoms with van der Waals surface area (Å²) in [5.41, 5.74) is 4.58. The molecule has 304 valence electrons. The number of ketones is 1.